The summed E-state index contributed by atoms with van der Waals surface area (Å²) in [6.07, 6.45) is 8.61. The van der Waals surface area contributed by atoms with E-state index in [1.165, 1.54) is 5.57 Å². The van der Waals surface area contributed by atoms with Crippen molar-refractivity contribution >= 4 is 12.4 Å². The van der Waals surface area contributed by atoms with Crippen LogP contribution in [-0.2, 0) is 0 Å². The van der Waals surface area contributed by atoms with E-state index in [0.29, 0.717) is 16.9 Å². The van der Waals surface area contributed by atoms with Gasteiger partial charge in [0, 0.05) is 16.7 Å². The molecule has 112 valence electrons. The van der Waals surface area contributed by atoms with Gasteiger partial charge in [0.1, 0.15) is 11.9 Å². The van der Waals surface area contributed by atoms with Crippen molar-refractivity contribution in [2.75, 3.05) is 0 Å². The van der Waals surface area contributed by atoms with E-state index in [9.17, 15) is 9.90 Å². The van der Waals surface area contributed by atoms with Gasteiger partial charge in [-0.15, -0.1) is 0 Å². The first-order valence-corrected chi connectivity index (χ1v) is 7.19. The molecule has 0 aromatic heterocycles. The molecule has 0 aliphatic carbocycles. The second-order valence-corrected chi connectivity index (χ2v) is 6.04. The number of aromatic hydroxyl groups is 1. The van der Waals surface area contributed by atoms with E-state index < -0.39 is 5.60 Å². The zero-order valence-corrected chi connectivity index (χ0v) is 13.1. The summed E-state index contributed by atoms with van der Waals surface area (Å²) in [6, 6.07) is 1.75. The number of carbonyl (C=O) groups excluding carboxylic acids is 1. The molecule has 3 nitrogen and oxygen atoms in total. The summed E-state index contributed by atoms with van der Waals surface area (Å²) in [7, 11) is 0. The Morgan fingerprint density at radius 2 is 2.14 bits per heavy atom. The van der Waals surface area contributed by atoms with Gasteiger partial charge in [-0.2, -0.15) is 0 Å². The van der Waals surface area contributed by atoms with Crippen molar-refractivity contribution in [3.8, 4) is 11.5 Å². The molecule has 0 bridgehead atoms. The molecule has 1 heterocycles. The van der Waals surface area contributed by atoms with Crippen LogP contribution in [0.25, 0.3) is 6.08 Å². The van der Waals surface area contributed by atoms with E-state index in [1.807, 2.05) is 19.1 Å². The Morgan fingerprint density at radius 1 is 1.43 bits per heavy atom. The SMILES string of the molecule is CC(C)=CCC[C@@]1(C)C=Cc2cc(C=O)c(C)c(O)c2O1. The summed E-state index contributed by atoms with van der Waals surface area (Å²) < 4.78 is 6.03. The summed E-state index contributed by atoms with van der Waals surface area (Å²) >= 11 is 0. The van der Waals surface area contributed by atoms with Crippen molar-refractivity contribution in [2.45, 2.75) is 46.1 Å². The first kappa shape index (κ1) is 15.4. The summed E-state index contributed by atoms with van der Waals surface area (Å²) in [5, 5.41) is 10.3. The molecule has 0 saturated heterocycles. The number of phenols is 1. The predicted molar refractivity (Wildman–Crippen MR) is 85.0 cm³/mol. The molecular weight excluding hydrogens is 264 g/mol. The van der Waals surface area contributed by atoms with E-state index in [-0.39, 0.29) is 5.75 Å². The number of fused-ring (bicyclic) bond motifs is 1. The van der Waals surface area contributed by atoms with Gasteiger partial charge in [0.05, 0.1) is 0 Å². The van der Waals surface area contributed by atoms with Crippen molar-refractivity contribution in [3.05, 3.63) is 40.5 Å². The minimum atomic E-state index is -0.439. The highest BCUT2D eigenvalue weighted by Gasteiger charge is 2.29. The van der Waals surface area contributed by atoms with Crippen LogP contribution >= 0.6 is 0 Å². The van der Waals surface area contributed by atoms with Crippen LogP contribution in [0.1, 0.15) is 55.1 Å². The fourth-order valence-corrected chi connectivity index (χ4v) is 2.45. The largest absolute Gasteiger partial charge is 0.504 e. The number of ether oxygens (including phenoxy) is 1. The summed E-state index contributed by atoms with van der Waals surface area (Å²) in [4.78, 5) is 11.0. The Hall–Kier alpha value is -2.03. The molecule has 1 aromatic carbocycles. The van der Waals surface area contributed by atoms with E-state index in [1.54, 1.807) is 13.0 Å². The van der Waals surface area contributed by atoms with Crippen LogP contribution in [0.4, 0.5) is 0 Å². The lowest BCUT2D eigenvalue weighted by Crippen LogP contribution is -2.31. The van der Waals surface area contributed by atoms with E-state index in [0.717, 1.165) is 24.7 Å². The molecule has 3 heteroatoms. The quantitative estimate of drug-likeness (QED) is 0.658. The highest BCUT2D eigenvalue weighted by Crippen LogP contribution is 2.42. The van der Waals surface area contributed by atoms with Crippen LogP contribution in [0.2, 0.25) is 0 Å². The molecule has 0 fully saturated rings. The van der Waals surface area contributed by atoms with Gasteiger partial charge in [-0.25, -0.2) is 0 Å². The minimum Gasteiger partial charge on any atom is -0.504 e. The van der Waals surface area contributed by atoms with Crippen molar-refractivity contribution in [3.63, 3.8) is 0 Å². The molecular formula is C18H22O3. The number of allylic oxidation sites excluding steroid dienone is 2. The summed E-state index contributed by atoms with van der Waals surface area (Å²) in [6.45, 7) is 7.88. The molecule has 0 unspecified atom stereocenters. The lowest BCUT2D eigenvalue weighted by molar-refractivity contribution is 0.112. The Balaban J connectivity index is 2.30. The number of hydrogen-bond donors (Lipinski definition) is 1. The first-order valence-electron chi connectivity index (χ1n) is 7.19. The molecule has 1 aromatic rings. The van der Waals surface area contributed by atoms with Gasteiger partial charge in [-0.3, -0.25) is 4.79 Å². The summed E-state index contributed by atoms with van der Waals surface area (Å²) in [5.41, 5.74) is 2.65. The van der Waals surface area contributed by atoms with Crippen LogP contribution in [0, 0.1) is 6.92 Å². The average Bonchev–Trinajstić information content (AvgIpc) is 2.43. The zero-order chi connectivity index (χ0) is 15.6. The number of benzene rings is 1. The third kappa shape index (κ3) is 3.18. The molecule has 0 saturated carbocycles. The van der Waals surface area contributed by atoms with Gasteiger partial charge in [0.25, 0.3) is 0 Å². The number of rotatable bonds is 4. The predicted octanol–water partition coefficient (Wildman–Crippen LogP) is 4.42. The molecule has 2 rings (SSSR count). The lowest BCUT2D eigenvalue weighted by Gasteiger charge is -2.32. The molecule has 0 amide bonds. The summed E-state index contributed by atoms with van der Waals surface area (Å²) in [5.74, 6) is 0.535. The fourth-order valence-electron chi connectivity index (χ4n) is 2.45. The Bertz CT molecular complexity index is 622. The maximum Gasteiger partial charge on any atom is 0.169 e. The second kappa shape index (κ2) is 5.76. The van der Waals surface area contributed by atoms with Gasteiger partial charge < -0.3 is 9.84 Å². The van der Waals surface area contributed by atoms with Crippen molar-refractivity contribution in [1.82, 2.24) is 0 Å². The third-order valence-electron chi connectivity index (χ3n) is 3.85. The Labute approximate surface area is 125 Å². The lowest BCUT2D eigenvalue weighted by atomic mass is 9.93. The molecule has 21 heavy (non-hydrogen) atoms. The Morgan fingerprint density at radius 3 is 2.76 bits per heavy atom. The van der Waals surface area contributed by atoms with Gasteiger partial charge in [-0.05, 0) is 52.7 Å². The average molecular weight is 286 g/mol. The second-order valence-electron chi connectivity index (χ2n) is 6.04. The molecule has 1 aliphatic rings. The van der Waals surface area contributed by atoms with Crippen molar-refractivity contribution < 1.29 is 14.6 Å². The molecule has 1 atom stereocenters. The van der Waals surface area contributed by atoms with Gasteiger partial charge in [-0.1, -0.05) is 17.7 Å². The van der Waals surface area contributed by atoms with E-state index in [4.69, 9.17) is 4.74 Å². The topological polar surface area (TPSA) is 46.5 Å². The van der Waals surface area contributed by atoms with E-state index in [2.05, 4.69) is 19.9 Å². The first-order chi connectivity index (χ1) is 9.86. The highest BCUT2D eigenvalue weighted by molar-refractivity contribution is 5.83. The van der Waals surface area contributed by atoms with Gasteiger partial charge in [0.2, 0.25) is 0 Å². The van der Waals surface area contributed by atoms with Crippen LogP contribution in [0.3, 0.4) is 0 Å². The third-order valence-corrected chi connectivity index (χ3v) is 3.85. The standard InChI is InChI=1S/C18H22O3/c1-12(2)6-5-8-18(4)9-7-14-10-15(11-19)13(3)16(20)17(14)21-18/h6-7,9-11,20H,5,8H2,1-4H3/t18-/m0/s1. The highest BCUT2D eigenvalue weighted by atomic mass is 16.5. The van der Waals surface area contributed by atoms with Gasteiger partial charge in [0.15, 0.2) is 11.5 Å². The normalized spacial score (nSPS) is 19.6. The molecule has 0 radical (unpaired) electrons. The maximum atomic E-state index is 11.0. The van der Waals surface area contributed by atoms with Crippen LogP contribution in [0.5, 0.6) is 11.5 Å². The van der Waals surface area contributed by atoms with E-state index >= 15 is 0 Å². The zero-order valence-electron chi connectivity index (χ0n) is 13.1. The molecule has 0 spiro atoms. The maximum absolute atomic E-state index is 11.0. The van der Waals surface area contributed by atoms with Crippen LogP contribution < -0.4 is 4.74 Å². The van der Waals surface area contributed by atoms with Gasteiger partial charge >= 0.3 is 0 Å². The van der Waals surface area contributed by atoms with Crippen LogP contribution in [0.15, 0.2) is 23.8 Å². The smallest absolute Gasteiger partial charge is 0.169 e. The Kier molecular flexibility index (Phi) is 4.21. The van der Waals surface area contributed by atoms with Crippen LogP contribution in [-0.4, -0.2) is 17.0 Å². The number of phenolic OH excluding ortho intramolecular Hbond substituents is 1. The molecule has 1 aliphatic heterocycles. The fraction of sp³-hybridized carbons (Fsp3) is 0.389. The number of hydrogen-bond acceptors (Lipinski definition) is 3. The van der Waals surface area contributed by atoms with Crippen molar-refractivity contribution in [2.24, 2.45) is 0 Å². The molecule has 1 N–H and O–H groups in total. The number of aldehydes is 1. The number of carbonyl (C=O) groups is 1. The van der Waals surface area contributed by atoms with Crippen molar-refractivity contribution in [1.29, 1.82) is 0 Å². The monoisotopic (exact) mass is 286 g/mol. The minimum absolute atomic E-state index is 0.0624.